The van der Waals surface area contributed by atoms with E-state index < -0.39 is 0 Å². The lowest BCUT2D eigenvalue weighted by atomic mass is 9.89. The predicted molar refractivity (Wildman–Crippen MR) is 107 cm³/mol. The number of anilines is 1. The number of aryl methyl sites for hydroxylation is 1. The third kappa shape index (κ3) is 4.54. The van der Waals surface area contributed by atoms with Crippen molar-refractivity contribution in [2.75, 3.05) is 26.0 Å². The number of halogens is 1. The molecule has 0 aromatic heterocycles. The third-order valence-electron chi connectivity index (χ3n) is 4.94. The Bertz CT molecular complexity index is 808. The van der Waals surface area contributed by atoms with Gasteiger partial charge in [0.25, 0.3) is 5.91 Å². The summed E-state index contributed by atoms with van der Waals surface area (Å²) in [5, 5.41) is 3.34. The third-order valence-corrected chi connectivity index (χ3v) is 5.27. The molecule has 1 aliphatic rings. The van der Waals surface area contributed by atoms with E-state index in [2.05, 4.69) is 36.5 Å². The van der Waals surface area contributed by atoms with Crippen molar-refractivity contribution >= 4 is 23.2 Å². The van der Waals surface area contributed by atoms with Crippen LogP contribution < -0.4 is 15.8 Å². The van der Waals surface area contributed by atoms with E-state index in [1.165, 1.54) is 12.7 Å². The fourth-order valence-electron chi connectivity index (χ4n) is 3.41. The second-order valence-electron chi connectivity index (χ2n) is 6.89. The molecule has 2 unspecified atom stereocenters. The number of carbonyl (C=O) groups excluding carboxylic acids is 1. The number of methoxy groups -OCH3 is 1. The fourth-order valence-corrected chi connectivity index (χ4v) is 3.58. The minimum atomic E-state index is -0.234. The number of nitrogen functional groups attached to an aromatic ring is 1. The normalized spacial score (nSPS) is 19.5. The van der Waals surface area contributed by atoms with E-state index in [0.717, 1.165) is 25.0 Å². The molecular weight excluding hydrogens is 364 g/mol. The van der Waals surface area contributed by atoms with E-state index in [1.54, 1.807) is 12.1 Å². The van der Waals surface area contributed by atoms with Crippen molar-refractivity contribution in [1.29, 1.82) is 0 Å². The predicted octanol–water partition coefficient (Wildman–Crippen LogP) is 4.14. The Balaban J connectivity index is 1.71. The Morgan fingerprint density at radius 1 is 1.33 bits per heavy atom. The number of carbonyl (C=O) groups is 1. The molecule has 1 amide bonds. The standard InChI is InChI=1S/C21H25ClN2O3/c1-13-5-7-14(8-6-13)20-15(4-3-9-27-20)12-24-21(25)16-10-17(22)18(23)11-19(16)26-2/h5-8,10-11,15,20H,3-4,9,12,23H2,1-2H3,(H,24,25). The molecule has 5 nitrogen and oxygen atoms in total. The summed E-state index contributed by atoms with van der Waals surface area (Å²) in [4.78, 5) is 12.7. The first kappa shape index (κ1) is 19.5. The first-order chi connectivity index (χ1) is 13.0. The first-order valence-electron chi connectivity index (χ1n) is 9.09. The van der Waals surface area contributed by atoms with Crippen molar-refractivity contribution in [1.82, 2.24) is 5.32 Å². The number of ether oxygens (including phenoxy) is 2. The lowest BCUT2D eigenvalue weighted by molar-refractivity contribution is -0.0272. The Morgan fingerprint density at radius 3 is 2.78 bits per heavy atom. The zero-order valence-corrected chi connectivity index (χ0v) is 16.4. The lowest BCUT2D eigenvalue weighted by Crippen LogP contribution is -2.35. The molecule has 3 rings (SSSR count). The molecule has 2 aromatic carbocycles. The van der Waals surface area contributed by atoms with Gasteiger partial charge in [-0.1, -0.05) is 41.4 Å². The van der Waals surface area contributed by atoms with Gasteiger partial charge in [0.1, 0.15) is 5.75 Å². The molecule has 3 N–H and O–H groups in total. The van der Waals surface area contributed by atoms with E-state index in [-0.39, 0.29) is 17.9 Å². The monoisotopic (exact) mass is 388 g/mol. The van der Waals surface area contributed by atoms with Crippen LogP contribution in [0.25, 0.3) is 0 Å². The maximum absolute atomic E-state index is 12.7. The molecule has 0 bridgehead atoms. The molecule has 1 saturated heterocycles. The summed E-state index contributed by atoms with van der Waals surface area (Å²) < 4.78 is 11.3. The van der Waals surface area contributed by atoms with Crippen LogP contribution in [0.15, 0.2) is 36.4 Å². The molecule has 2 atom stereocenters. The highest BCUT2D eigenvalue weighted by Crippen LogP contribution is 2.34. The van der Waals surface area contributed by atoms with Gasteiger partial charge in [0.05, 0.1) is 29.5 Å². The van der Waals surface area contributed by atoms with Crippen molar-refractivity contribution in [3.05, 3.63) is 58.1 Å². The van der Waals surface area contributed by atoms with Crippen molar-refractivity contribution in [2.24, 2.45) is 5.92 Å². The molecular formula is C21H25ClN2O3. The zero-order chi connectivity index (χ0) is 19.4. The molecule has 144 valence electrons. The van der Waals surface area contributed by atoms with Crippen LogP contribution in [0.4, 0.5) is 5.69 Å². The Morgan fingerprint density at radius 2 is 2.07 bits per heavy atom. The highest BCUT2D eigenvalue weighted by molar-refractivity contribution is 6.33. The number of amides is 1. The Kier molecular flexibility index (Phi) is 6.24. The van der Waals surface area contributed by atoms with Crippen LogP contribution in [0.2, 0.25) is 5.02 Å². The van der Waals surface area contributed by atoms with Crippen LogP contribution >= 0.6 is 11.6 Å². The van der Waals surface area contributed by atoms with Crippen molar-refractivity contribution in [3.63, 3.8) is 0 Å². The fraction of sp³-hybridized carbons (Fsp3) is 0.381. The number of hydrogen-bond acceptors (Lipinski definition) is 4. The Hall–Kier alpha value is -2.24. The van der Waals surface area contributed by atoms with E-state index >= 15 is 0 Å². The highest BCUT2D eigenvalue weighted by Gasteiger charge is 2.28. The van der Waals surface area contributed by atoms with Gasteiger partial charge in [0, 0.05) is 25.1 Å². The molecule has 0 spiro atoms. The summed E-state index contributed by atoms with van der Waals surface area (Å²) in [6.45, 7) is 3.32. The topological polar surface area (TPSA) is 73.6 Å². The average molecular weight is 389 g/mol. The van der Waals surface area contributed by atoms with Gasteiger partial charge in [0.15, 0.2) is 0 Å². The van der Waals surface area contributed by atoms with Crippen LogP contribution in [0.5, 0.6) is 5.75 Å². The van der Waals surface area contributed by atoms with E-state index in [1.807, 2.05) is 0 Å². The summed E-state index contributed by atoms with van der Waals surface area (Å²) >= 11 is 6.07. The quantitative estimate of drug-likeness (QED) is 0.755. The molecule has 1 aliphatic heterocycles. The van der Waals surface area contributed by atoms with Gasteiger partial charge in [-0.2, -0.15) is 0 Å². The van der Waals surface area contributed by atoms with Gasteiger partial charge < -0.3 is 20.5 Å². The van der Waals surface area contributed by atoms with Crippen molar-refractivity contribution in [3.8, 4) is 5.75 Å². The number of rotatable bonds is 5. The summed E-state index contributed by atoms with van der Waals surface area (Å²) in [7, 11) is 1.50. The highest BCUT2D eigenvalue weighted by atomic mass is 35.5. The Labute approximate surface area is 164 Å². The second kappa shape index (κ2) is 8.63. The van der Waals surface area contributed by atoms with Crippen molar-refractivity contribution in [2.45, 2.75) is 25.9 Å². The average Bonchev–Trinajstić information content (AvgIpc) is 2.68. The van der Waals surface area contributed by atoms with Crippen LogP contribution in [-0.4, -0.2) is 26.2 Å². The molecule has 1 heterocycles. The molecule has 0 aliphatic carbocycles. The number of benzene rings is 2. The van der Waals surface area contributed by atoms with Gasteiger partial charge in [-0.15, -0.1) is 0 Å². The van der Waals surface area contributed by atoms with Gasteiger partial charge in [0.2, 0.25) is 0 Å². The summed E-state index contributed by atoms with van der Waals surface area (Å²) in [6.07, 6.45) is 1.97. The molecule has 27 heavy (non-hydrogen) atoms. The zero-order valence-electron chi connectivity index (χ0n) is 15.6. The summed E-state index contributed by atoms with van der Waals surface area (Å²) in [5.74, 6) is 0.381. The molecule has 6 heteroatoms. The van der Waals surface area contributed by atoms with Gasteiger partial charge >= 0.3 is 0 Å². The van der Waals surface area contributed by atoms with Crippen molar-refractivity contribution < 1.29 is 14.3 Å². The second-order valence-corrected chi connectivity index (χ2v) is 7.30. The summed E-state index contributed by atoms with van der Waals surface area (Å²) in [5.41, 5.74) is 8.90. The SMILES string of the molecule is COc1cc(N)c(Cl)cc1C(=O)NCC1CCCOC1c1ccc(C)cc1. The molecule has 2 aromatic rings. The van der Waals surface area contributed by atoms with Crippen LogP contribution in [-0.2, 0) is 4.74 Å². The van der Waals surface area contributed by atoms with Crippen LogP contribution in [0.3, 0.4) is 0 Å². The van der Waals surface area contributed by atoms with E-state index in [0.29, 0.717) is 28.6 Å². The largest absolute Gasteiger partial charge is 0.496 e. The number of nitrogens with two attached hydrogens (primary N) is 1. The van der Waals surface area contributed by atoms with Crippen LogP contribution in [0.1, 0.15) is 40.4 Å². The van der Waals surface area contributed by atoms with Gasteiger partial charge in [-0.3, -0.25) is 4.79 Å². The van der Waals surface area contributed by atoms with E-state index in [9.17, 15) is 4.79 Å². The summed E-state index contributed by atoms with van der Waals surface area (Å²) in [6, 6.07) is 11.5. The van der Waals surface area contributed by atoms with E-state index in [4.69, 9.17) is 26.8 Å². The van der Waals surface area contributed by atoms with Crippen LogP contribution in [0, 0.1) is 12.8 Å². The molecule has 0 radical (unpaired) electrons. The smallest absolute Gasteiger partial charge is 0.255 e. The minimum Gasteiger partial charge on any atom is -0.496 e. The maximum atomic E-state index is 12.7. The van der Waals surface area contributed by atoms with Gasteiger partial charge in [-0.25, -0.2) is 0 Å². The molecule has 0 saturated carbocycles. The number of hydrogen-bond donors (Lipinski definition) is 2. The maximum Gasteiger partial charge on any atom is 0.255 e. The molecule has 1 fully saturated rings. The number of nitrogens with one attached hydrogen (secondary N) is 1. The minimum absolute atomic E-state index is 0.0171. The first-order valence-corrected chi connectivity index (χ1v) is 9.46. The van der Waals surface area contributed by atoms with Gasteiger partial charge in [-0.05, 0) is 31.4 Å². The lowest BCUT2D eigenvalue weighted by Gasteiger charge is -2.32.